The van der Waals surface area contributed by atoms with E-state index in [-0.39, 0.29) is 24.0 Å². The first-order valence-corrected chi connectivity index (χ1v) is 7.31. The molecule has 1 aliphatic rings. The maximum absolute atomic E-state index is 12.4. The van der Waals surface area contributed by atoms with E-state index in [1.807, 2.05) is 11.9 Å². The molecule has 0 unspecified atom stereocenters. The number of piperidine rings is 1. The Morgan fingerprint density at radius 3 is 2.55 bits per heavy atom. The van der Waals surface area contributed by atoms with Gasteiger partial charge in [-0.1, -0.05) is 0 Å². The van der Waals surface area contributed by atoms with Crippen LogP contribution < -0.4 is 11.1 Å². The number of pyridine rings is 1. The fourth-order valence-electron chi connectivity index (χ4n) is 2.62. The van der Waals surface area contributed by atoms with Crippen LogP contribution in [-0.4, -0.2) is 48.4 Å². The first-order chi connectivity index (χ1) is 10.1. The van der Waals surface area contributed by atoms with Crippen molar-refractivity contribution < 1.29 is 9.59 Å². The third kappa shape index (κ3) is 4.68. The van der Waals surface area contributed by atoms with Gasteiger partial charge >= 0.3 is 0 Å². The number of aromatic nitrogens is 1. The van der Waals surface area contributed by atoms with Crippen LogP contribution in [0.25, 0.3) is 0 Å². The predicted molar refractivity (Wildman–Crippen MR) is 87.2 cm³/mol. The average molecular weight is 327 g/mol. The molecule has 1 aliphatic heterocycles. The van der Waals surface area contributed by atoms with Crippen molar-refractivity contribution in [3.63, 3.8) is 0 Å². The Morgan fingerprint density at radius 1 is 1.36 bits per heavy atom. The molecule has 7 heteroatoms. The number of nitrogens with one attached hydrogen (secondary N) is 1. The molecule has 0 aliphatic carbocycles. The third-order valence-electron chi connectivity index (χ3n) is 3.97. The zero-order chi connectivity index (χ0) is 15.2. The van der Waals surface area contributed by atoms with Gasteiger partial charge in [0.2, 0.25) is 0 Å². The van der Waals surface area contributed by atoms with E-state index in [4.69, 9.17) is 5.73 Å². The zero-order valence-electron chi connectivity index (χ0n) is 12.7. The third-order valence-corrected chi connectivity index (χ3v) is 3.97. The van der Waals surface area contributed by atoms with E-state index in [9.17, 15) is 9.59 Å². The monoisotopic (exact) mass is 326 g/mol. The SMILES string of the molecule is CNCCC1CCN(C(=O)c2ccc(C(N)=O)nc2)CC1.Cl. The lowest BCUT2D eigenvalue weighted by atomic mass is 9.93. The first kappa shape index (κ1) is 18.4. The van der Waals surface area contributed by atoms with Crippen LogP contribution in [0.1, 0.15) is 40.1 Å². The zero-order valence-corrected chi connectivity index (χ0v) is 13.6. The Hall–Kier alpha value is -1.66. The minimum absolute atomic E-state index is 0. The van der Waals surface area contributed by atoms with Crippen LogP contribution in [0.2, 0.25) is 0 Å². The fraction of sp³-hybridized carbons (Fsp3) is 0.533. The first-order valence-electron chi connectivity index (χ1n) is 7.31. The summed E-state index contributed by atoms with van der Waals surface area (Å²) in [5.74, 6) is 0.0850. The van der Waals surface area contributed by atoms with Crippen molar-refractivity contribution in [1.82, 2.24) is 15.2 Å². The Balaban J connectivity index is 0.00000242. The molecule has 1 saturated heterocycles. The molecule has 0 bridgehead atoms. The number of amides is 2. The van der Waals surface area contributed by atoms with E-state index in [1.165, 1.54) is 12.3 Å². The second kappa shape index (κ2) is 8.70. The van der Waals surface area contributed by atoms with E-state index >= 15 is 0 Å². The van der Waals surface area contributed by atoms with Crippen LogP contribution >= 0.6 is 12.4 Å². The second-order valence-electron chi connectivity index (χ2n) is 5.42. The van der Waals surface area contributed by atoms with Crippen LogP contribution in [0, 0.1) is 5.92 Å². The lowest BCUT2D eigenvalue weighted by Gasteiger charge is -2.32. The van der Waals surface area contributed by atoms with Gasteiger partial charge in [-0.3, -0.25) is 14.6 Å². The lowest BCUT2D eigenvalue weighted by molar-refractivity contribution is 0.0686. The summed E-state index contributed by atoms with van der Waals surface area (Å²) in [5, 5.41) is 3.16. The average Bonchev–Trinajstić information content (AvgIpc) is 2.53. The van der Waals surface area contributed by atoms with Crippen molar-refractivity contribution in [1.29, 1.82) is 0 Å². The summed E-state index contributed by atoms with van der Waals surface area (Å²) in [5.41, 5.74) is 5.82. The van der Waals surface area contributed by atoms with E-state index < -0.39 is 5.91 Å². The van der Waals surface area contributed by atoms with Crippen LogP contribution in [0.3, 0.4) is 0 Å². The Bertz CT molecular complexity index is 499. The number of carbonyl (C=O) groups is 2. The number of hydrogen-bond acceptors (Lipinski definition) is 4. The molecule has 0 radical (unpaired) electrons. The summed E-state index contributed by atoms with van der Waals surface area (Å²) in [4.78, 5) is 29.1. The van der Waals surface area contributed by atoms with Crippen LogP contribution in [-0.2, 0) is 0 Å². The molecule has 1 fully saturated rings. The van der Waals surface area contributed by atoms with Gasteiger partial charge in [-0.2, -0.15) is 0 Å². The molecule has 1 aromatic rings. The summed E-state index contributed by atoms with van der Waals surface area (Å²) < 4.78 is 0. The highest BCUT2D eigenvalue weighted by molar-refractivity contribution is 5.95. The van der Waals surface area contributed by atoms with Gasteiger partial charge in [0.05, 0.1) is 5.56 Å². The highest BCUT2D eigenvalue weighted by atomic mass is 35.5. The standard InChI is InChI=1S/C15H22N4O2.ClH/c1-17-7-4-11-5-8-19(9-6-11)15(21)12-2-3-13(14(16)20)18-10-12;/h2-3,10-11,17H,4-9H2,1H3,(H2,16,20);1H. The van der Waals surface area contributed by atoms with E-state index in [1.54, 1.807) is 6.07 Å². The molecule has 6 nitrogen and oxygen atoms in total. The number of nitrogens with zero attached hydrogens (tertiary/aromatic N) is 2. The number of rotatable bonds is 5. The van der Waals surface area contributed by atoms with Gasteiger partial charge in [0, 0.05) is 19.3 Å². The van der Waals surface area contributed by atoms with E-state index in [0.717, 1.165) is 38.9 Å². The molecule has 2 heterocycles. The highest BCUT2D eigenvalue weighted by Gasteiger charge is 2.23. The maximum Gasteiger partial charge on any atom is 0.267 e. The molecule has 122 valence electrons. The van der Waals surface area contributed by atoms with Crippen molar-refractivity contribution in [2.45, 2.75) is 19.3 Å². The van der Waals surface area contributed by atoms with Crippen LogP contribution in [0.4, 0.5) is 0 Å². The predicted octanol–water partition coefficient (Wildman–Crippen LogP) is 1.06. The van der Waals surface area contributed by atoms with Gasteiger partial charge in [0.15, 0.2) is 0 Å². The smallest absolute Gasteiger partial charge is 0.267 e. The van der Waals surface area contributed by atoms with Gasteiger partial charge in [-0.05, 0) is 50.9 Å². The molecule has 1 aromatic heterocycles. The summed E-state index contributed by atoms with van der Waals surface area (Å²) in [6.45, 7) is 2.59. The number of nitrogens with two attached hydrogens (primary N) is 1. The van der Waals surface area contributed by atoms with Crippen molar-refractivity contribution >= 4 is 24.2 Å². The van der Waals surface area contributed by atoms with Gasteiger partial charge in [-0.15, -0.1) is 12.4 Å². The minimum Gasteiger partial charge on any atom is -0.364 e. The van der Waals surface area contributed by atoms with Gasteiger partial charge in [0.25, 0.3) is 11.8 Å². The number of hydrogen-bond donors (Lipinski definition) is 2. The molecule has 2 amide bonds. The largest absolute Gasteiger partial charge is 0.364 e. The number of primary amides is 1. The van der Waals surface area contributed by atoms with Gasteiger partial charge in [-0.25, -0.2) is 0 Å². The minimum atomic E-state index is -0.584. The Labute approximate surface area is 136 Å². The highest BCUT2D eigenvalue weighted by Crippen LogP contribution is 2.21. The van der Waals surface area contributed by atoms with Crippen molar-refractivity contribution in [2.75, 3.05) is 26.7 Å². The summed E-state index contributed by atoms with van der Waals surface area (Å²) in [7, 11) is 1.96. The Kier molecular flexibility index (Phi) is 7.27. The Morgan fingerprint density at radius 2 is 2.05 bits per heavy atom. The van der Waals surface area contributed by atoms with Gasteiger partial charge in [0.1, 0.15) is 5.69 Å². The molecular formula is C15H23ClN4O2. The molecular weight excluding hydrogens is 304 g/mol. The molecule has 3 N–H and O–H groups in total. The topological polar surface area (TPSA) is 88.3 Å². The van der Waals surface area contributed by atoms with Crippen LogP contribution in [0.5, 0.6) is 0 Å². The molecule has 22 heavy (non-hydrogen) atoms. The fourth-order valence-corrected chi connectivity index (χ4v) is 2.62. The van der Waals surface area contributed by atoms with Crippen LogP contribution in [0.15, 0.2) is 18.3 Å². The molecule has 0 saturated carbocycles. The summed E-state index contributed by atoms with van der Waals surface area (Å²) in [6.07, 6.45) is 4.67. The van der Waals surface area contributed by atoms with Crippen molar-refractivity contribution in [3.05, 3.63) is 29.6 Å². The van der Waals surface area contributed by atoms with E-state index in [0.29, 0.717) is 11.5 Å². The second-order valence-corrected chi connectivity index (χ2v) is 5.42. The number of likely N-dealkylation sites (tertiary alicyclic amines) is 1. The number of halogens is 1. The maximum atomic E-state index is 12.4. The molecule has 2 rings (SSSR count). The molecule has 0 aromatic carbocycles. The quantitative estimate of drug-likeness (QED) is 0.847. The summed E-state index contributed by atoms with van der Waals surface area (Å²) in [6, 6.07) is 3.11. The normalized spacial score (nSPS) is 15.2. The summed E-state index contributed by atoms with van der Waals surface area (Å²) >= 11 is 0. The van der Waals surface area contributed by atoms with Crippen molar-refractivity contribution in [3.8, 4) is 0 Å². The van der Waals surface area contributed by atoms with Crippen molar-refractivity contribution in [2.24, 2.45) is 11.7 Å². The molecule has 0 spiro atoms. The lowest BCUT2D eigenvalue weighted by Crippen LogP contribution is -2.39. The molecule has 0 atom stereocenters. The number of carbonyl (C=O) groups excluding carboxylic acids is 2. The van der Waals surface area contributed by atoms with Gasteiger partial charge < -0.3 is 16.0 Å². The van der Waals surface area contributed by atoms with E-state index in [2.05, 4.69) is 10.3 Å².